The third-order valence-corrected chi connectivity index (χ3v) is 11.0. The normalized spacial score (nSPS) is 16.6. The van der Waals surface area contributed by atoms with E-state index in [1.54, 1.807) is 12.1 Å². The summed E-state index contributed by atoms with van der Waals surface area (Å²) in [5.41, 5.74) is -2.58. The number of carbonyl (C=O) groups excluding carboxylic acids is 2. The predicted octanol–water partition coefficient (Wildman–Crippen LogP) is 2.66. The van der Waals surface area contributed by atoms with Crippen LogP contribution in [0.2, 0.25) is 0 Å². The molecule has 2 aliphatic heterocycles. The summed E-state index contributed by atoms with van der Waals surface area (Å²) in [6.07, 6.45) is 2.57. The second kappa shape index (κ2) is 17.8. The molecule has 0 radical (unpaired) electrons. The summed E-state index contributed by atoms with van der Waals surface area (Å²) < 4.78 is 83.5. The molecule has 2 aromatic heterocycles. The molecule has 300 valence electrons. The molecule has 20 heteroatoms. The van der Waals surface area contributed by atoms with Crippen LogP contribution in [0.3, 0.4) is 0 Å². The third kappa shape index (κ3) is 8.88. The van der Waals surface area contributed by atoms with Gasteiger partial charge in [0.1, 0.15) is 21.4 Å². The maximum absolute atomic E-state index is 13.2. The molecular formula is C36H40N4O14S2. The lowest BCUT2D eigenvalue weighted by Gasteiger charge is -2.20. The minimum absolute atomic E-state index is 0. The van der Waals surface area contributed by atoms with Crippen molar-refractivity contribution < 1.29 is 55.2 Å². The highest BCUT2D eigenvalue weighted by Crippen LogP contribution is 2.25. The Kier molecular flexibility index (Phi) is 13.2. The first-order chi connectivity index (χ1) is 26.8. The molecule has 2 unspecified atom stereocenters. The highest BCUT2D eigenvalue weighted by atomic mass is 32.2. The maximum atomic E-state index is 13.2. The fourth-order valence-corrected chi connectivity index (χ4v) is 7.59. The summed E-state index contributed by atoms with van der Waals surface area (Å²) in [7, 11) is -6.52. The Morgan fingerprint density at radius 1 is 0.768 bits per heavy atom. The van der Waals surface area contributed by atoms with Gasteiger partial charge >= 0.3 is 32.2 Å². The van der Waals surface area contributed by atoms with Crippen molar-refractivity contribution in [2.24, 2.45) is 0 Å². The Hall–Kier alpha value is -5.70. The van der Waals surface area contributed by atoms with Gasteiger partial charge in [0, 0.05) is 14.3 Å². The number of rotatable bonds is 10. The molecule has 2 aliphatic rings. The molecule has 4 aromatic rings. The van der Waals surface area contributed by atoms with Gasteiger partial charge in [-0.2, -0.15) is 16.8 Å². The van der Waals surface area contributed by atoms with Gasteiger partial charge in [0.25, 0.3) is 11.1 Å². The van der Waals surface area contributed by atoms with Gasteiger partial charge in [0.2, 0.25) is 11.5 Å². The van der Waals surface area contributed by atoms with E-state index in [9.17, 15) is 36.0 Å². The number of hydrogen-bond donors (Lipinski definition) is 0. The van der Waals surface area contributed by atoms with E-state index in [4.69, 9.17) is 17.8 Å². The van der Waals surface area contributed by atoms with E-state index >= 15 is 0 Å². The first kappa shape index (κ1) is 41.5. The summed E-state index contributed by atoms with van der Waals surface area (Å²) in [5, 5.41) is 0. The number of fused-ring (bicyclic) bond motifs is 2. The number of aromatic nitrogens is 4. The van der Waals surface area contributed by atoms with Crippen molar-refractivity contribution in [1.29, 1.82) is 0 Å². The van der Waals surface area contributed by atoms with Crippen LogP contribution < -0.4 is 19.5 Å². The van der Waals surface area contributed by atoms with Gasteiger partial charge in [0.05, 0.1) is 52.7 Å². The Morgan fingerprint density at radius 3 is 1.62 bits per heavy atom. The van der Waals surface area contributed by atoms with E-state index in [0.717, 1.165) is 14.2 Å². The summed E-state index contributed by atoms with van der Waals surface area (Å²) in [4.78, 5) is 58.7. The first-order valence-electron chi connectivity index (χ1n) is 17.0. The lowest BCUT2D eigenvalue weighted by Crippen LogP contribution is -2.33. The largest absolute Gasteiger partial charge is 0.464 e. The molecule has 2 atom stereocenters. The minimum atomic E-state index is -4.38. The van der Waals surface area contributed by atoms with Gasteiger partial charge in [-0.25, -0.2) is 19.6 Å². The van der Waals surface area contributed by atoms with Crippen LogP contribution >= 0.6 is 0 Å². The second-order valence-corrected chi connectivity index (χ2v) is 15.1. The van der Waals surface area contributed by atoms with E-state index in [1.165, 1.54) is 63.7 Å². The highest BCUT2D eigenvalue weighted by Gasteiger charge is 2.33. The monoisotopic (exact) mass is 816 g/mol. The molecule has 0 N–H and O–H groups in total. The van der Waals surface area contributed by atoms with Crippen molar-refractivity contribution in [1.82, 2.24) is 19.1 Å². The molecule has 0 amide bonds. The van der Waals surface area contributed by atoms with E-state index in [1.807, 2.05) is 6.92 Å². The maximum Gasteiger partial charge on any atom is 0.360 e. The topological polar surface area (TPSA) is 228 Å². The van der Waals surface area contributed by atoms with Gasteiger partial charge in [-0.1, -0.05) is 49.4 Å². The zero-order chi connectivity index (χ0) is 40.6. The number of ether oxygens (including phenoxy) is 4. The number of methoxy groups -OCH3 is 2. The Bertz CT molecular complexity index is 2440. The van der Waals surface area contributed by atoms with E-state index < -0.39 is 72.2 Å². The number of hydrogen-bond acceptors (Lipinski definition) is 16. The van der Waals surface area contributed by atoms with Crippen LogP contribution in [-0.2, 0) is 52.0 Å². The molecule has 4 heterocycles. The van der Waals surface area contributed by atoms with Gasteiger partial charge < -0.3 is 27.3 Å². The van der Waals surface area contributed by atoms with Crippen LogP contribution in [0.25, 0.3) is 0 Å². The first-order valence-corrected chi connectivity index (χ1v) is 19.8. The van der Waals surface area contributed by atoms with Crippen molar-refractivity contribution >= 4 is 32.2 Å². The van der Waals surface area contributed by atoms with Crippen molar-refractivity contribution in [2.45, 2.75) is 48.1 Å². The SMILES string of the molecule is C=CC1COCCc2nc(C(=O)OC)c(OS(=O)(=O)c3ccccc3)c(=O)n21.CCC1COCCc2nc(C(=O)OC)c(OS(=O)(=O)c3ccccc3)c(=O)n21.[HH]. The van der Waals surface area contributed by atoms with Gasteiger partial charge in [0.15, 0.2) is 11.4 Å². The number of nitrogens with zero attached hydrogens (tertiary/aromatic N) is 4. The Morgan fingerprint density at radius 2 is 1.20 bits per heavy atom. The van der Waals surface area contributed by atoms with Crippen LogP contribution in [0.5, 0.6) is 11.5 Å². The van der Waals surface area contributed by atoms with Gasteiger partial charge in [-0.05, 0) is 30.7 Å². The van der Waals surface area contributed by atoms with Crippen molar-refractivity contribution in [3.63, 3.8) is 0 Å². The standard InChI is InChI=1S/C18H20N2O7S.C18H18N2O7S.H2/c2*1-3-12-11-26-10-9-14-19-15(18(22)25-2)16(17(21)20(12)14)27-28(23,24)13-7-5-4-6-8-13;/h4-8,12H,3,9-11H2,1-2H3;3-8,12H,1,9-11H2,2H3;1H. The van der Waals surface area contributed by atoms with E-state index in [-0.39, 0.29) is 49.3 Å². The zero-order valence-corrected chi connectivity index (χ0v) is 32.1. The van der Waals surface area contributed by atoms with Gasteiger partial charge in [-0.15, -0.1) is 6.58 Å². The Balaban J connectivity index is 0.000000248. The van der Waals surface area contributed by atoms with Crippen molar-refractivity contribution in [3.05, 3.63) is 117 Å². The molecule has 0 fully saturated rings. The van der Waals surface area contributed by atoms with Crippen LogP contribution in [-0.4, -0.2) is 88.5 Å². The van der Waals surface area contributed by atoms with Crippen LogP contribution in [0.1, 0.15) is 59.5 Å². The second-order valence-electron chi connectivity index (χ2n) is 12.0. The fourth-order valence-electron chi connectivity index (χ4n) is 5.68. The smallest absolute Gasteiger partial charge is 0.360 e. The zero-order valence-electron chi connectivity index (χ0n) is 30.5. The Labute approximate surface area is 323 Å². The lowest BCUT2D eigenvalue weighted by atomic mass is 10.2. The van der Waals surface area contributed by atoms with E-state index in [0.29, 0.717) is 25.3 Å². The number of carbonyl (C=O) groups is 2. The lowest BCUT2D eigenvalue weighted by molar-refractivity contribution is 0.0581. The number of benzene rings is 2. The summed E-state index contributed by atoms with van der Waals surface area (Å²) in [6.45, 7) is 6.57. The number of esters is 2. The summed E-state index contributed by atoms with van der Waals surface area (Å²) >= 11 is 0. The highest BCUT2D eigenvalue weighted by molar-refractivity contribution is 7.87. The molecule has 56 heavy (non-hydrogen) atoms. The van der Waals surface area contributed by atoms with Gasteiger partial charge in [-0.3, -0.25) is 18.7 Å². The molecule has 0 aliphatic carbocycles. The molecule has 0 bridgehead atoms. The van der Waals surface area contributed by atoms with Crippen LogP contribution in [0, 0.1) is 0 Å². The molecule has 18 nitrogen and oxygen atoms in total. The minimum Gasteiger partial charge on any atom is -0.464 e. The molecule has 0 saturated carbocycles. The van der Waals surface area contributed by atoms with Crippen molar-refractivity contribution in [3.8, 4) is 11.5 Å². The van der Waals surface area contributed by atoms with E-state index in [2.05, 4.69) is 26.0 Å². The molecular weight excluding hydrogens is 777 g/mol. The third-order valence-electron chi connectivity index (χ3n) is 8.48. The van der Waals surface area contributed by atoms with Crippen LogP contribution in [0.15, 0.2) is 92.7 Å². The van der Waals surface area contributed by atoms with Crippen LogP contribution in [0.4, 0.5) is 0 Å². The summed E-state index contributed by atoms with van der Waals surface area (Å²) in [5.74, 6) is -2.79. The summed E-state index contributed by atoms with van der Waals surface area (Å²) in [6, 6.07) is 13.6. The average molecular weight is 817 g/mol. The molecule has 2 aromatic carbocycles. The quantitative estimate of drug-likeness (QED) is 0.127. The molecule has 6 rings (SSSR count). The average Bonchev–Trinajstić information content (AvgIpc) is 3.56. The van der Waals surface area contributed by atoms with Crippen molar-refractivity contribution in [2.75, 3.05) is 40.6 Å². The molecule has 0 spiro atoms. The molecule has 0 saturated heterocycles. The fraction of sp³-hybridized carbons (Fsp3) is 0.333. The predicted molar refractivity (Wildman–Crippen MR) is 198 cm³/mol.